The van der Waals surface area contributed by atoms with Gasteiger partial charge in [0.15, 0.2) is 0 Å². The first-order valence-corrected chi connectivity index (χ1v) is 6.35. The lowest BCUT2D eigenvalue weighted by Crippen LogP contribution is -2.51. The van der Waals surface area contributed by atoms with Gasteiger partial charge in [0.05, 0.1) is 18.8 Å². The zero-order valence-corrected chi connectivity index (χ0v) is 12.0. The van der Waals surface area contributed by atoms with Crippen molar-refractivity contribution < 1.29 is 19.1 Å². The van der Waals surface area contributed by atoms with E-state index in [1.807, 2.05) is 0 Å². The second-order valence-electron chi connectivity index (χ2n) is 4.07. The Kier molecular flexibility index (Phi) is 6.90. The van der Waals surface area contributed by atoms with Crippen molar-refractivity contribution in [1.82, 2.24) is 10.2 Å². The highest BCUT2D eigenvalue weighted by molar-refractivity contribution is 6.13. The number of nitrogens with zero attached hydrogens (tertiary/aromatic N) is 2. The van der Waals surface area contributed by atoms with Crippen LogP contribution in [0.2, 0.25) is 0 Å². The molecule has 7 heteroatoms. The van der Waals surface area contributed by atoms with E-state index in [-0.39, 0.29) is 19.7 Å². The van der Waals surface area contributed by atoms with Gasteiger partial charge in [0.1, 0.15) is 0 Å². The molecule has 1 aromatic carbocycles. The molecule has 1 N–H and O–H groups in total. The molecule has 1 rings (SSSR count). The van der Waals surface area contributed by atoms with E-state index < -0.39 is 12.1 Å². The number of urea groups is 2. The average molecular weight is 292 g/mol. The van der Waals surface area contributed by atoms with Crippen LogP contribution in [0.4, 0.5) is 15.3 Å². The third-order valence-electron chi connectivity index (χ3n) is 2.71. The van der Waals surface area contributed by atoms with Crippen molar-refractivity contribution >= 4 is 24.0 Å². The van der Waals surface area contributed by atoms with Gasteiger partial charge in [-0.1, -0.05) is 18.2 Å². The number of hydrogen-bond donors (Lipinski definition) is 1. The van der Waals surface area contributed by atoms with Crippen LogP contribution in [0, 0.1) is 0 Å². The molecule has 0 bridgehead atoms. The average Bonchev–Trinajstić information content (AvgIpc) is 2.52. The molecule has 113 valence electrons. The zero-order chi connectivity index (χ0) is 15.7. The Bertz CT molecular complexity index is 478. The Balaban J connectivity index is 3.03. The number of carbonyl (C=O) groups is 2. The van der Waals surface area contributed by atoms with Crippen molar-refractivity contribution in [3.05, 3.63) is 30.3 Å². The van der Waals surface area contributed by atoms with E-state index in [1.165, 1.54) is 19.1 Å². The van der Waals surface area contributed by atoms with E-state index in [9.17, 15) is 14.4 Å². The molecular formula is C14H18N3O4. The summed E-state index contributed by atoms with van der Waals surface area (Å²) in [4.78, 5) is 37.2. The number of imide groups is 1. The van der Waals surface area contributed by atoms with Crippen molar-refractivity contribution in [3.63, 3.8) is 0 Å². The van der Waals surface area contributed by atoms with Gasteiger partial charge in [0, 0.05) is 20.7 Å². The SMILES string of the molecule is CNC(=O)N(C(=O)N(C[C]=O)CCOC)c1ccccc1. The Hall–Kier alpha value is -2.41. The van der Waals surface area contributed by atoms with Crippen LogP contribution in [0.15, 0.2) is 30.3 Å². The maximum absolute atomic E-state index is 12.5. The van der Waals surface area contributed by atoms with Crippen molar-refractivity contribution in [2.24, 2.45) is 0 Å². The molecule has 0 aliphatic heterocycles. The summed E-state index contributed by atoms with van der Waals surface area (Å²) < 4.78 is 4.90. The molecule has 4 amide bonds. The van der Waals surface area contributed by atoms with Gasteiger partial charge < -0.3 is 15.0 Å². The molecule has 0 saturated heterocycles. The molecule has 7 nitrogen and oxygen atoms in total. The quantitative estimate of drug-likeness (QED) is 0.848. The first-order chi connectivity index (χ1) is 10.2. The second kappa shape index (κ2) is 8.70. The number of carbonyl (C=O) groups excluding carboxylic acids is 3. The van der Waals surface area contributed by atoms with Gasteiger partial charge in [-0.2, -0.15) is 0 Å². The number of anilines is 1. The van der Waals surface area contributed by atoms with Crippen LogP contribution in [0.25, 0.3) is 0 Å². The molecule has 0 unspecified atom stereocenters. The Labute approximate surface area is 123 Å². The molecule has 0 aliphatic rings. The van der Waals surface area contributed by atoms with Crippen molar-refractivity contribution in [2.45, 2.75) is 0 Å². The molecule has 0 fully saturated rings. The van der Waals surface area contributed by atoms with Gasteiger partial charge in [0.25, 0.3) is 0 Å². The van der Waals surface area contributed by atoms with E-state index in [0.717, 1.165) is 4.90 Å². The van der Waals surface area contributed by atoms with Crippen LogP contribution < -0.4 is 10.2 Å². The first-order valence-electron chi connectivity index (χ1n) is 6.35. The summed E-state index contributed by atoms with van der Waals surface area (Å²) in [5.74, 6) is 0. The van der Waals surface area contributed by atoms with Gasteiger partial charge in [-0.15, -0.1) is 0 Å². The minimum absolute atomic E-state index is 0.185. The molecule has 0 atom stereocenters. The zero-order valence-electron chi connectivity index (χ0n) is 12.0. The number of benzene rings is 1. The van der Waals surface area contributed by atoms with Crippen LogP contribution >= 0.6 is 0 Å². The maximum Gasteiger partial charge on any atom is 0.333 e. The van der Waals surface area contributed by atoms with E-state index in [2.05, 4.69) is 5.32 Å². The number of hydrogen-bond acceptors (Lipinski definition) is 4. The molecule has 0 spiro atoms. The number of ether oxygens (including phenoxy) is 1. The van der Waals surface area contributed by atoms with Crippen LogP contribution in [-0.2, 0) is 9.53 Å². The van der Waals surface area contributed by atoms with Crippen molar-refractivity contribution in [3.8, 4) is 0 Å². The summed E-state index contributed by atoms with van der Waals surface area (Å²) in [5.41, 5.74) is 0.412. The van der Waals surface area contributed by atoms with Gasteiger partial charge in [-0.3, -0.25) is 4.79 Å². The predicted molar refractivity (Wildman–Crippen MR) is 77.9 cm³/mol. The second-order valence-corrected chi connectivity index (χ2v) is 4.07. The van der Waals surface area contributed by atoms with E-state index >= 15 is 0 Å². The summed E-state index contributed by atoms with van der Waals surface area (Å²) in [6.45, 7) is 0.206. The molecular weight excluding hydrogens is 274 g/mol. The minimum Gasteiger partial charge on any atom is -0.383 e. The molecule has 0 saturated carbocycles. The fraction of sp³-hybridized carbons (Fsp3) is 0.357. The normalized spacial score (nSPS) is 9.81. The van der Waals surface area contributed by atoms with Crippen molar-refractivity contribution in [1.29, 1.82) is 0 Å². The third-order valence-corrected chi connectivity index (χ3v) is 2.71. The molecule has 1 radical (unpaired) electrons. The standard InChI is InChI=1S/C14H18N3O4/c1-15-13(19)17(12-6-4-3-5-7-12)14(20)16(8-10-18)9-11-21-2/h3-7H,8-9,11H2,1-2H3,(H,15,19). The number of amides is 4. The minimum atomic E-state index is -0.610. The van der Waals surface area contributed by atoms with Crippen LogP contribution in [0.3, 0.4) is 0 Å². The summed E-state index contributed by atoms with van der Waals surface area (Å²) in [6, 6.07) is 7.27. The van der Waals surface area contributed by atoms with E-state index in [1.54, 1.807) is 36.6 Å². The van der Waals surface area contributed by atoms with E-state index in [0.29, 0.717) is 5.69 Å². The van der Waals surface area contributed by atoms with E-state index in [4.69, 9.17) is 4.74 Å². The smallest absolute Gasteiger partial charge is 0.333 e. The molecule has 21 heavy (non-hydrogen) atoms. The summed E-state index contributed by atoms with van der Waals surface area (Å²) in [5, 5.41) is 2.41. The lowest BCUT2D eigenvalue weighted by Gasteiger charge is -2.27. The van der Waals surface area contributed by atoms with Crippen LogP contribution in [0.5, 0.6) is 0 Å². The maximum atomic E-state index is 12.5. The number of para-hydroxylation sites is 1. The summed E-state index contributed by atoms with van der Waals surface area (Å²) >= 11 is 0. The Morgan fingerprint density at radius 2 is 1.95 bits per heavy atom. The lowest BCUT2D eigenvalue weighted by molar-refractivity contribution is 0.158. The predicted octanol–water partition coefficient (Wildman–Crippen LogP) is 1.01. The lowest BCUT2D eigenvalue weighted by atomic mass is 10.3. The van der Waals surface area contributed by atoms with Gasteiger partial charge in [0.2, 0.25) is 6.29 Å². The highest BCUT2D eigenvalue weighted by Crippen LogP contribution is 2.15. The molecule has 0 heterocycles. The Morgan fingerprint density at radius 3 is 2.48 bits per heavy atom. The van der Waals surface area contributed by atoms with Crippen LogP contribution in [-0.4, -0.2) is 57.1 Å². The largest absolute Gasteiger partial charge is 0.383 e. The van der Waals surface area contributed by atoms with Gasteiger partial charge in [-0.05, 0) is 12.1 Å². The summed E-state index contributed by atoms with van der Waals surface area (Å²) in [7, 11) is 2.91. The number of nitrogens with one attached hydrogen (secondary N) is 1. The van der Waals surface area contributed by atoms with Crippen molar-refractivity contribution in [2.75, 3.05) is 38.8 Å². The topological polar surface area (TPSA) is 79.0 Å². The fourth-order valence-corrected chi connectivity index (χ4v) is 1.67. The number of rotatable bonds is 6. The third kappa shape index (κ3) is 4.57. The molecule has 0 aromatic heterocycles. The highest BCUT2D eigenvalue weighted by Gasteiger charge is 2.27. The fourth-order valence-electron chi connectivity index (χ4n) is 1.67. The van der Waals surface area contributed by atoms with Gasteiger partial charge in [-0.25, -0.2) is 14.5 Å². The van der Waals surface area contributed by atoms with Crippen LogP contribution in [0.1, 0.15) is 0 Å². The molecule has 0 aliphatic carbocycles. The van der Waals surface area contributed by atoms with Gasteiger partial charge >= 0.3 is 12.1 Å². The summed E-state index contributed by atoms with van der Waals surface area (Å²) in [6.07, 6.45) is 1.66. The first kappa shape index (κ1) is 16.6. The number of methoxy groups -OCH3 is 1. The highest BCUT2D eigenvalue weighted by atomic mass is 16.5. The monoisotopic (exact) mass is 292 g/mol. The Morgan fingerprint density at radius 1 is 1.29 bits per heavy atom. The molecule has 1 aromatic rings.